The van der Waals surface area contributed by atoms with E-state index in [1.807, 2.05) is 0 Å². The zero-order valence-corrected chi connectivity index (χ0v) is 11.0. The first-order valence-corrected chi connectivity index (χ1v) is 7.03. The normalized spacial score (nSPS) is 18.6. The predicted molar refractivity (Wildman–Crippen MR) is 61.9 cm³/mol. The molecule has 1 aliphatic rings. The number of amides is 2. The number of carbonyl (C=O) groups is 1. The molecule has 1 rings (SSSR count). The highest BCUT2D eigenvalue weighted by atomic mass is 35.5. The van der Waals surface area contributed by atoms with Crippen molar-refractivity contribution in [3.63, 3.8) is 0 Å². The number of piperazine rings is 1. The van der Waals surface area contributed by atoms with Crippen molar-refractivity contribution in [3.8, 4) is 0 Å². The fourth-order valence-corrected chi connectivity index (χ4v) is 2.78. The summed E-state index contributed by atoms with van der Waals surface area (Å²) >= 11 is 5.36. The molecule has 0 aromatic rings. The Balaban J connectivity index is 2.55. The maximum Gasteiger partial charge on any atom is 0.319 e. The topological polar surface area (TPSA) is 60.9 Å². The minimum atomic E-state index is -3.34. The smallest absolute Gasteiger partial charge is 0.319 e. The number of alkyl halides is 1. The van der Waals surface area contributed by atoms with Crippen LogP contribution in [0.3, 0.4) is 0 Å². The van der Waals surface area contributed by atoms with Crippen LogP contribution in [0.25, 0.3) is 0 Å². The van der Waals surface area contributed by atoms with Crippen molar-refractivity contribution >= 4 is 27.7 Å². The summed E-state index contributed by atoms with van der Waals surface area (Å²) in [6.07, 6.45) is 0. The van der Waals surface area contributed by atoms with Crippen LogP contribution in [0.5, 0.6) is 0 Å². The van der Waals surface area contributed by atoms with Crippen molar-refractivity contribution in [1.29, 1.82) is 0 Å². The van der Waals surface area contributed by atoms with Gasteiger partial charge in [-0.05, 0) is 0 Å². The number of carbonyl (C=O) groups excluding carboxylic acids is 1. The third kappa shape index (κ3) is 2.99. The fourth-order valence-electron chi connectivity index (χ4n) is 1.51. The Hall–Kier alpha value is -0.530. The molecule has 0 bridgehead atoms. The average molecular weight is 270 g/mol. The van der Waals surface area contributed by atoms with Crippen LogP contribution in [-0.2, 0) is 10.0 Å². The second-order valence-electron chi connectivity index (χ2n) is 3.78. The molecular formula is C8H16ClN3O3S. The van der Waals surface area contributed by atoms with E-state index in [1.165, 1.54) is 9.21 Å². The van der Waals surface area contributed by atoms with Crippen LogP contribution < -0.4 is 0 Å². The summed E-state index contributed by atoms with van der Waals surface area (Å²) in [5, 5.41) is -0.408. The monoisotopic (exact) mass is 269 g/mol. The van der Waals surface area contributed by atoms with Gasteiger partial charge < -0.3 is 9.80 Å². The maximum absolute atomic E-state index is 11.6. The minimum absolute atomic E-state index is 0.0945. The third-order valence-corrected chi connectivity index (χ3v) is 4.68. The molecule has 1 aliphatic heterocycles. The maximum atomic E-state index is 11.6. The number of urea groups is 1. The molecule has 1 saturated heterocycles. The molecule has 6 nitrogen and oxygen atoms in total. The molecule has 0 atom stereocenters. The van der Waals surface area contributed by atoms with Gasteiger partial charge in [0.25, 0.3) is 0 Å². The molecule has 8 heteroatoms. The standard InChI is InChI=1S/C8H16ClN3O3S/c1-10(2)8(13)11-3-5-12(6-4-11)16(14,15)7-9/h3-7H2,1-2H3. The molecule has 0 spiro atoms. The van der Waals surface area contributed by atoms with Gasteiger partial charge in [0.05, 0.1) is 0 Å². The summed E-state index contributed by atoms with van der Waals surface area (Å²) in [5.41, 5.74) is 0. The Labute approximate surface area is 101 Å². The summed E-state index contributed by atoms with van der Waals surface area (Å²) < 4.78 is 24.2. The second kappa shape index (κ2) is 5.20. The lowest BCUT2D eigenvalue weighted by Crippen LogP contribution is -2.52. The number of halogens is 1. The van der Waals surface area contributed by atoms with Crippen molar-refractivity contribution in [2.75, 3.05) is 45.5 Å². The first kappa shape index (κ1) is 13.5. The molecule has 0 N–H and O–H groups in total. The molecule has 1 fully saturated rings. The summed E-state index contributed by atoms with van der Waals surface area (Å²) in [6, 6.07) is -0.0945. The van der Waals surface area contributed by atoms with E-state index in [2.05, 4.69) is 0 Å². The van der Waals surface area contributed by atoms with Crippen LogP contribution in [0, 0.1) is 0 Å². The molecule has 0 aromatic carbocycles. The molecule has 0 unspecified atom stereocenters. The molecule has 0 saturated carbocycles. The van der Waals surface area contributed by atoms with E-state index in [0.717, 1.165) is 0 Å². The summed E-state index contributed by atoms with van der Waals surface area (Å²) in [7, 11) is -0.00174. The quantitative estimate of drug-likeness (QED) is 0.653. The van der Waals surface area contributed by atoms with E-state index < -0.39 is 15.2 Å². The zero-order chi connectivity index (χ0) is 12.3. The minimum Gasteiger partial charge on any atom is -0.331 e. The highest BCUT2D eigenvalue weighted by molar-refractivity contribution is 7.90. The third-order valence-electron chi connectivity index (χ3n) is 2.42. The number of hydrogen-bond acceptors (Lipinski definition) is 3. The molecule has 0 aliphatic carbocycles. The average Bonchev–Trinajstić information content (AvgIpc) is 2.28. The van der Waals surface area contributed by atoms with Crippen LogP contribution in [0.1, 0.15) is 0 Å². The van der Waals surface area contributed by atoms with Gasteiger partial charge in [-0.15, -0.1) is 11.6 Å². The van der Waals surface area contributed by atoms with E-state index in [4.69, 9.17) is 11.6 Å². The molecule has 16 heavy (non-hydrogen) atoms. The first-order chi connectivity index (χ1) is 7.38. The van der Waals surface area contributed by atoms with E-state index in [-0.39, 0.29) is 6.03 Å². The van der Waals surface area contributed by atoms with Gasteiger partial charge in [-0.3, -0.25) is 0 Å². The lowest BCUT2D eigenvalue weighted by Gasteiger charge is -2.34. The highest BCUT2D eigenvalue weighted by Crippen LogP contribution is 2.10. The SMILES string of the molecule is CN(C)C(=O)N1CCN(S(=O)(=O)CCl)CC1. The Bertz CT molecular complexity index is 350. The van der Waals surface area contributed by atoms with Crippen LogP contribution in [0.15, 0.2) is 0 Å². The number of sulfonamides is 1. The van der Waals surface area contributed by atoms with Crippen LogP contribution in [0.2, 0.25) is 0 Å². The van der Waals surface area contributed by atoms with E-state index >= 15 is 0 Å². The van der Waals surface area contributed by atoms with Crippen LogP contribution in [0.4, 0.5) is 4.79 Å². The van der Waals surface area contributed by atoms with Gasteiger partial charge in [0, 0.05) is 40.3 Å². The van der Waals surface area contributed by atoms with Crippen molar-refractivity contribution in [3.05, 3.63) is 0 Å². The second-order valence-corrected chi connectivity index (χ2v) is 6.34. The zero-order valence-electron chi connectivity index (χ0n) is 9.39. The summed E-state index contributed by atoms with van der Waals surface area (Å²) in [6.45, 7) is 1.45. The Morgan fingerprint density at radius 2 is 1.75 bits per heavy atom. The fraction of sp³-hybridized carbons (Fsp3) is 0.875. The Morgan fingerprint density at radius 3 is 2.12 bits per heavy atom. The van der Waals surface area contributed by atoms with Gasteiger partial charge in [-0.2, -0.15) is 4.31 Å². The molecule has 94 valence electrons. The number of rotatable bonds is 2. The number of hydrogen-bond donors (Lipinski definition) is 0. The van der Waals surface area contributed by atoms with Crippen molar-refractivity contribution in [2.45, 2.75) is 0 Å². The molecule has 2 amide bonds. The van der Waals surface area contributed by atoms with Crippen molar-refractivity contribution in [2.24, 2.45) is 0 Å². The van der Waals surface area contributed by atoms with Crippen LogP contribution in [-0.4, -0.2) is 74.0 Å². The van der Waals surface area contributed by atoms with E-state index in [0.29, 0.717) is 26.2 Å². The Morgan fingerprint density at radius 1 is 1.25 bits per heavy atom. The molecule has 1 heterocycles. The molecular weight excluding hydrogens is 254 g/mol. The molecule has 0 aromatic heterocycles. The van der Waals surface area contributed by atoms with Gasteiger partial charge >= 0.3 is 6.03 Å². The van der Waals surface area contributed by atoms with Gasteiger partial charge in [0.15, 0.2) is 0 Å². The van der Waals surface area contributed by atoms with E-state index in [9.17, 15) is 13.2 Å². The van der Waals surface area contributed by atoms with Gasteiger partial charge in [-0.25, -0.2) is 13.2 Å². The lowest BCUT2D eigenvalue weighted by molar-refractivity contribution is 0.149. The number of nitrogens with zero attached hydrogens (tertiary/aromatic N) is 3. The van der Waals surface area contributed by atoms with E-state index in [1.54, 1.807) is 19.0 Å². The van der Waals surface area contributed by atoms with Crippen LogP contribution >= 0.6 is 11.6 Å². The van der Waals surface area contributed by atoms with Crippen molar-refractivity contribution < 1.29 is 13.2 Å². The first-order valence-electron chi connectivity index (χ1n) is 4.88. The van der Waals surface area contributed by atoms with Crippen molar-refractivity contribution in [1.82, 2.24) is 14.1 Å². The highest BCUT2D eigenvalue weighted by Gasteiger charge is 2.28. The van der Waals surface area contributed by atoms with Gasteiger partial charge in [0.1, 0.15) is 5.21 Å². The Kier molecular flexibility index (Phi) is 4.40. The van der Waals surface area contributed by atoms with Gasteiger partial charge in [0.2, 0.25) is 10.0 Å². The lowest BCUT2D eigenvalue weighted by atomic mass is 10.4. The van der Waals surface area contributed by atoms with Gasteiger partial charge in [-0.1, -0.05) is 0 Å². The summed E-state index contributed by atoms with van der Waals surface area (Å²) in [4.78, 5) is 14.7. The summed E-state index contributed by atoms with van der Waals surface area (Å²) in [5.74, 6) is 0. The predicted octanol–water partition coefficient (Wildman–Crippen LogP) is -0.188. The molecule has 0 radical (unpaired) electrons. The largest absolute Gasteiger partial charge is 0.331 e.